The van der Waals surface area contributed by atoms with E-state index in [1.165, 1.54) is 0 Å². The molecule has 5 heteroatoms. The molecule has 3 N–H and O–H groups in total. The molecule has 0 bridgehead atoms. The van der Waals surface area contributed by atoms with E-state index in [-0.39, 0.29) is 23.8 Å². The Labute approximate surface area is 131 Å². The average molecular weight is 304 g/mol. The van der Waals surface area contributed by atoms with Crippen molar-refractivity contribution >= 4 is 17.5 Å². The average Bonchev–Trinajstić information content (AvgIpc) is 2.52. The topological polar surface area (TPSA) is 78.4 Å². The Hall–Kier alpha value is -1.88. The summed E-state index contributed by atoms with van der Waals surface area (Å²) in [5.41, 5.74) is 2.00. The van der Waals surface area contributed by atoms with Crippen molar-refractivity contribution in [2.75, 3.05) is 11.9 Å². The van der Waals surface area contributed by atoms with Gasteiger partial charge in [-0.25, -0.2) is 0 Å². The van der Waals surface area contributed by atoms with Crippen LogP contribution in [-0.4, -0.2) is 29.6 Å². The van der Waals surface area contributed by atoms with Gasteiger partial charge >= 0.3 is 0 Å². The Bertz CT molecular complexity index is 530. The van der Waals surface area contributed by atoms with E-state index in [4.69, 9.17) is 0 Å². The van der Waals surface area contributed by atoms with E-state index >= 15 is 0 Å². The maximum absolute atomic E-state index is 12.0. The summed E-state index contributed by atoms with van der Waals surface area (Å²) < 4.78 is 0. The van der Waals surface area contributed by atoms with Gasteiger partial charge in [-0.3, -0.25) is 9.59 Å². The Kier molecular flexibility index (Phi) is 5.95. The molecule has 0 spiro atoms. The fourth-order valence-corrected chi connectivity index (χ4v) is 2.62. The summed E-state index contributed by atoms with van der Waals surface area (Å²) in [5, 5.41) is 15.1. The quantitative estimate of drug-likeness (QED) is 0.719. The van der Waals surface area contributed by atoms with Crippen molar-refractivity contribution in [1.82, 2.24) is 5.32 Å². The number of aliphatic hydroxyl groups excluding tert-OH is 1. The molecule has 2 amide bonds. The zero-order chi connectivity index (χ0) is 15.9. The molecule has 0 aromatic heterocycles. The number of nitrogens with one attached hydrogen (secondary N) is 2. The van der Waals surface area contributed by atoms with Gasteiger partial charge in [0, 0.05) is 24.6 Å². The molecule has 2 unspecified atom stereocenters. The zero-order valence-corrected chi connectivity index (χ0v) is 13.0. The third-order valence-electron chi connectivity index (χ3n) is 4.10. The molecule has 0 saturated carbocycles. The summed E-state index contributed by atoms with van der Waals surface area (Å²) in [5.74, 6) is -0.218. The van der Waals surface area contributed by atoms with Crippen LogP contribution in [0.15, 0.2) is 24.3 Å². The third-order valence-corrected chi connectivity index (χ3v) is 4.10. The van der Waals surface area contributed by atoms with Gasteiger partial charge in [-0.1, -0.05) is 25.1 Å². The summed E-state index contributed by atoms with van der Waals surface area (Å²) in [6.45, 7) is 2.39. The number of benzene rings is 1. The molecular weight excluding hydrogens is 280 g/mol. The van der Waals surface area contributed by atoms with E-state index in [0.29, 0.717) is 38.6 Å². The van der Waals surface area contributed by atoms with Crippen LogP contribution in [0.1, 0.15) is 38.2 Å². The molecule has 1 aromatic carbocycles. The lowest BCUT2D eigenvalue weighted by atomic mass is 9.89. The molecule has 1 aliphatic rings. The Morgan fingerprint density at radius 2 is 2.23 bits per heavy atom. The second kappa shape index (κ2) is 7.94. The second-order valence-corrected chi connectivity index (χ2v) is 5.79. The van der Waals surface area contributed by atoms with Crippen LogP contribution in [-0.2, 0) is 16.0 Å². The Balaban J connectivity index is 1.75. The van der Waals surface area contributed by atoms with Crippen molar-refractivity contribution in [2.45, 2.75) is 45.1 Å². The van der Waals surface area contributed by atoms with Gasteiger partial charge in [0.25, 0.3) is 0 Å². The van der Waals surface area contributed by atoms with Gasteiger partial charge in [0.15, 0.2) is 0 Å². The van der Waals surface area contributed by atoms with Gasteiger partial charge in [0.1, 0.15) is 0 Å². The van der Waals surface area contributed by atoms with Crippen LogP contribution < -0.4 is 10.6 Å². The smallest absolute Gasteiger partial charge is 0.227 e. The molecule has 0 saturated heterocycles. The van der Waals surface area contributed by atoms with E-state index in [1.807, 2.05) is 31.2 Å². The van der Waals surface area contributed by atoms with Gasteiger partial charge in [-0.15, -0.1) is 0 Å². The van der Waals surface area contributed by atoms with Crippen LogP contribution in [0.3, 0.4) is 0 Å². The minimum absolute atomic E-state index is 0.00657. The van der Waals surface area contributed by atoms with Gasteiger partial charge in [0.05, 0.1) is 6.10 Å². The number of hydrogen-bond acceptors (Lipinski definition) is 3. The number of para-hydroxylation sites is 1. The van der Waals surface area contributed by atoms with E-state index in [0.717, 1.165) is 11.3 Å². The highest BCUT2D eigenvalue weighted by Crippen LogP contribution is 2.27. The minimum atomic E-state index is -0.360. The maximum atomic E-state index is 12.0. The summed E-state index contributed by atoms with van der Waals surface area (Å²) >= 11 is 0. The predicted molar refractivity (Wildman–Crippen MR) is 85.4 cm³/mol. The summed E-state index contributed by atoms with van der Waals surface area (Å²) in [6.07, 6.45) is 2.46. The molecule has 1 aliphatic heterocycles. The van der Waals surface area contributed by atoms with Crippen molar-refractivity contribution < 1.29 is 14.7 Å². The molecule has 5 nitrogen and oxygen atoms in total. The van der Waals surface area contributed by atoms with Gasteiger partial charge in [-0.05, 0) is 37.3 Å². The first kappa shape index (κ1) is 16.5. The molecule has 0 fully saturated rings. The van der Waals surface area contributed by atoms with Gasteiger partial charge in [0.2, 0.25) is 11.8 Å². The fraction of sp³-hybridized carbons (Fsp3) is 0.529. The number of amides is 2. The van der Waals surface area contributed by atoms with E-state index in [2.05, 4.69) is 10.6 Å². The molecule has 0 aliphatic carbocycles. The van der Waals surface area contributed by atoms with Gasteiger partial charge in [-0.2, -0.15) is 0 Å². The molecular formula is C17H24N2O3. The second-order valence-electron chi connectivity index (χ2n) is 5.79. The SMILES string of the molecule is CCC(O)CCNC(=O)CCC1Cc2ccccc2NC1=O. The first-order valence-electron chi connectivity index (χ1n) is 7.93. The van der Waals surface area contributed by atoms with E-state index < -0.39 is 0 Å². The molecule has 1 aromatic rings. The lowest BCUT2D eigenvalue weighted by Gasteiger charge is -2.24. The van der Waals surface area contributed by atoms with Crippen LogP contribution in [0.4, 0.5) is 5.69 Å². The molecule has 120 valence electrons. The van der Waals surface area contributed by atoms with Crippen LogP contribution in [0.25, 0.3) is 0 Å². The van der Waals surface area contributed by atoms with Crippen molar-refractivity contribution in [1.29, 1.82) is 0 Å². The first-order chi connectivity index (χ1) is 10.6. The van der Waals surface area contributed by atoms with Crippen LogP contribution in [0.5, 0.6) is 0 Å². The van der Waals surface area contributed by atoms with Crippen molar-refractivity contribution in [3.63, 3.8) is 0 Å². The highest BCUT2D eigenvalue weighted by atomic mass is 16.3. The number of hydrogen-bond donors (Lipinski definition) is 3. The maximum Gasteiger partial charge on any atom is 0.227 e. The Morgan fingerprint density at radius 1 is 1.45 bits per heavy atom. The predicted octanol–water partition coefficient (Wildman–Crippen LogP) is 1.85. The highest BCUT2D eigenvalue weighted by molar-refractivity contribution is 5.96. The molecule has 22 heavy (non-hydrogen) atoms. The van der Waals surface area contributed by atoms with E-state index in [9.17, 15) is 14.7 Å². The van der Waals surface area contributed by atoms with E-state index in [1.54, 1.807) is 0 Å². The number of carbonyl (C=O) groups excluding carboxylic acids is 2. The summed E-state index contributed by atoms with van der Waals surface area (Å²) in [6, 6.07) is 7.76. The van der Waals surface area contributed by atoms with Crippen LogP contribution in [0, 0.1) is 5.92 Å². The highest BCUT2D eigenvalue weighted by Gasteiger charge is 2.26. The minimum Gasteiger partial charge on any atom is -0.393 e. The van der Waals surface area contributed by atoms with Crippen molar-refractivity contribution in [3.05, 3.63) is 29.8 Å². The van der Waals surface area contributed by atoms with Gasteiger partial charge < -0.3 is 15.7 Å². The zero-order valence-electron chi connectivity index (χ0n) is 13.0. The van der Waals surface area contributed by atoms with Crippen molar-refractivity contribution in [3.8, 4) is 0 Å². The third kappa shape index (κ3) is 4.56. The number of fused-ring (bicyclic) bond motifs is 1. The van der Waals surface area contributed by atoms with Crippen molar-refractivity contribution in [2.24, 2.45) is 5.92 Å². The number of carbonyl (C=O) groups is 2. The van der Waals surface area contributed by atoms with Crippen LogP contribution >= 0.6 is 0 Å². The van der Waals surface area contributed by atoms with Crippen LogP contribution in [0.2, 0.25) is 0 Å². The first-order valence-corrected chi connectivity index (χ1v) is 7.93. The normalized spacial score (nSPS) is 18.3. The fourth-order valence-electron chi connectivity index (χ4n) is 2.62. The summed E-state index contributed by atoms with van der Waals surface area (Å²) in [7, 11) is 0. The largest absolute Gasteiger partial charge is 0.393 e. The number of aliphatic hydroxyl groups is 1. The molecule has 2 rings (SSSR count). The summed E-state index contributed by atoms with van der Waals surface area (Å²) in [4.78, 5) is 23.8. The Morgan fingerprint density at radius 3 is 3.00 bits per heavy atom. The lowest BCUT2D eigenvalue weighted by Crippen LogP contribution is -2.32. The molecule has 2 atom stereocenters. The number of anilines is 1. The number of rotatable bonds is 7. The molecule has 1 heterocycles. The standard InChI is InChI=1S/C17H24N2O3/c1-2-14(20)9-10-18-16(21)8-7-13-11-12-5-3-4-6-15(12)19-17(13)22/h3-6,13-14,20H,2,7-11H2,1H3,(H,18,21)(H,19,22). The molecule has 0 radical (unpaired) electrons. The monoisotopic (exact) mass is 304 g/mol. The lowest BCUT2D eigenvalue weighted by molar-refractivity contribution is -0.122.